The summed E-state index contributed by atoms with van der Waals surface area (Å²) in [5, 5.41) is 0. The first-order valence-electron chi connectivity index (χ1n) is 6.79. The summed E-state index contributed by atoms with van der Waals surface area (Å²) in [6, 6.07) is 8.27. The first kappa shape index (κ1) is 14.0. The molecule has 1 aromatic carbocycles. The van der Waals surface area contributed by atoms with Crippen LogP contribution in [0.4, 0.5) is 0 Å². The Morgan fingerprint density at radius 2 is 2.00 bits per heavy atom. The lowest BCUT2D eigenvalue weighted by Crippen LogP contribution is -2.28. The van der Waals surface area contributed by atoms with Gasteiger partial charge in [-0.2, -0.15) is 0 Å². The number of ether oxygens (including phenoxy) is 1. The topological polar surface area (TPSA) is 35.2 Å². The molecule has 0 aromatic heterocycles. The van der Waals surface area contributed by atoms with Crippen LogP contribution in [0.15, 0.2) is 28.7 Å². The molecule has 0 heterocycles. The van der Waals surface area contributed by atoms with Gasteiger partial charge in [0.15, 0.2) is 0 Å². The van der Waals surface area contributed by atoms with Crippen molar-refractivity contribution in [2.45, 2.75) is 44.8 Å². The van der Waals surface area contributed by atoms with Crippen LogP contribution in [0.2, 0.25) is 0 Å². The van der Waals surface area contributed by atoms with Crippen molar-refractivity contribution in [3.05, 3.63) is 34.3 Å². The van der Waals surface area contributed by atoms with Crippen LogP contribution in [0.5, 0.6) is 0 Å². The fourth-order valence-corrected chi connectivity index (χ4v) is 2.61. The van der Waals surface area contributed by atoms with Gasteiger partial charge in [0.2, 0.25) is 0 Å². The van der Waals surface area contributed by atoms with Gasteiger partial charge in [0.05, 0.1) is 6.10 Å². The summed E-state index contributed by atoms with van der Waals surface area (Å²) in [6.07, 6.45) is 5.35. The van der Waals surface area contributed by atoms with E-state index in [9.17, 15) is 0 Å². The molecule has 2 atom stereocenters. The third-order valence-corrected chi connectivity index (χ3v) is 4.25. The maximum atomic E-state index is 6.03. The van der Waals surface area contributed by atoms with E-state index in [0.29, 0.717) is 0 Å². The van der Waals surface area contributed by atoms with Crippen LogP contribution in [0.3, 0.4) is 0 Å². The minimum Gasteiger partial charge on any atom is -0.372 e. The minimum atomic E-state index is 0.0122. The monoisotopic (exact) mass is 311 g/mol. The lowest BCUT2D eigenvalue weighted by molar-refractivity contribution is 0.0245. The highest BCUT2D eigenvalue weighted by atomic mass is 79.9. The number of hydrogen-bond acceptors (Lipinski definition) is 2. The average Bonchev–Trinajstić information content (AvgIpc) is 2.28. The van der Waals surface area contributed by atoms with Crippen LogP contribution in [-0.2, 0) is 4.74 Å². The predicted molar refractivity (Wildman–Crippen MR) is 78.4 cm³/mol. The molecule has 2 nitrogen and oxygen atoms in total. The quantitative estimate of drug-likeness (QED) is 0.860. The second kappa shape index (κ2) is 6.69. The molecule has 100 valence electrons. The van der Waals surface area contributed by atoms with Gasteiger partial charge in [-0.1, -0.05) is 47.3 Å². The lowest BCUT2D eigenvalue weighted by atomic mass is 9.83. The van der Waals surface area contributed by atoms with E-state index in [4.69, 9.17) is 10.5 Å². The smallest absolute Gasteiger partial charge is 0.0972 e. The van der Waals surface area contributed by atoms with Crippen LogP contribution >= 0.6 is 15.9 Å². The van der Waals surface area contributed by atoms with Crippen LogP contribution in [-0.4, -0.2) is 12.6 Å². The third kappa shape index (κ3) is 3.81. The Morgan fingerprint density at radius 3 is 2.50 bits per heavy atom. The van der Waals surface area contributed by atoms with Crippen molar-refractivity contribution >= 4 is 15.9 Å². The van der Waals surface area contributed by atoms with Crippen molar-refractivity contribution in [2.24, 2.45) is 11.7 Å². The molecule has 0 saturated heterocycles. The Hall–Kier alpha value is -0.380. The van der Waals surface area contributed by atoms with Crippen LogP contribution in [0.25, 0.3) is 0 Å². The Labute approximate surface area is 118 Å². The van der Waals surface area contributed by atoms with E-state index in [-0.39, 0.29) is 12.1 Å². The molecule has 2 unspecified atom stereocenters. The number of hydrogen-bond donors (Lipinski definition) is 1. The fourth-order valence-electron chi connectivity index (χ4n) is 2.35. The molecule has 1 fully saturated rings. The number of rotatable bonds is 6. The fraction of sp³-hybridized carbons (Fsp3) is 0.600. The summed E-state index contributed by atoms with van der Waals surface area (Å²) in [6.45, 7) is 2.84. The van der Waals surface area contributed by atoms with E-state index >= 15 is 0 Å². The molecule has 2 rings (SSSR count). The van der Waals surface area contributed by atoms with Crippen molar-refractivity contribution in [1.29, 1.82) is 0 Å². The van der Waals surface area contributed by atoms with Crippen LogP contribution in [0, 0.1) is 5.92 Å². The summed E-state index contributed by atoms with van der Waals surface area (Å²) in [4.78, 5) is 0. The molecular weight excluding hydrogens is 290 g/mol. The molecule has 1 aromatic rings. The van der Waals surface area contributed by atoms with E-state index < -0.39 is 0 Å². The molecule has 0 spiro atoms. The van der Waals surface area contributed by atoms with Gasteiger partial charge in [-0.05, 0) is 37.0 Å². The van der Waals surface area contributed by atoms with E-state index in [0.717, 1.165) is 17.0 Å². The van der Waals surface area contributed by atoms with Gasteiger partial charge in [0, 0.05) is 17.1 Å². The average molecular weight is 312 g/mol. The van der Waals surface area contributed by atoms with Crippen molar-refractivity contribution < 1.29 is 4.74 Å². The van der Waals surface area contributed by atoms with E-state index in [2.05, 4.69) is 28.1 Å². The van der Waals surface area contributed by atoms with Gasteiger partial charge in [0.1, 0.15) is 0 Å². The molecule has 2 N–H and O–H groups in total. The first-order chi connectivity index (χ1) is 8.66. The maximum Gasteiger partial charge on any atom is 0.0972 e. The summed E-state index contributed by atoms with van der Waals surface area (Å²) in [5.74, 6) is 0.892. The Morgan fingerprint density at radius 1 is 1.33 bits per heavy atom. The van der Waals surface area contributed by atoms with Crippen LogP contribution < -0.4 is 5.73 Å². The summed E-state index contributed by atoms with van der Waals surface area (Å²) >= 11 is 3.45. The number of halogens is 1. The summed E-state index contributed by atoms with van der Waals surface area (Å²) in [7, 11) is 0. The highest BCUT2D eigenvalue weighted by Gasteiger charge is 2.20. The minimum absolute atomic E-state index is 0.0122. The van der Waals surface area contributed by atoms with Crippen LogP contribution in [0.1, 0.15) is 44.3 Å². The standard InChI is InChI=1S/C15H22BrNO/c1-11(17)15(13-5-7-14(16)8-6-13)18-10-9-12-3-2-4-12/h5-8,11-12,15H,2-4,9-10,17H2,1H3. The van der Waals surface area contributed by atoms with Crippen molar-refractivity contribution in [2.75, 3.05) is 6.61 Å². The molecule has 1 aliphatic carbocycles. The van der Waals surface area contributed by atoms with Gasteiger partial charge in [0.25, 0.3) is 0 Å². The van der Waals surface area contributed by atoms with Gasteiger partial charge in [-0.15, -0.1) is 0 Å². The van der Waals surface area contributed by atoms with Crippen molar-refractivity contribution in [3.8, 4) is 0 Å². The second-order valence-corrected chi connectivity index (χ2v) is 6.20. The molecule has 3 heteroatoms. The molecule has 1 saturated carbocycles. The predicted octanol–water partition coefficient (Wildman–Crippen LogP) is 4.04. The van der Waals surface area contributed by atoms with E-state index in [1.807, 2.05) is 19.1 Å². The molecule has 1 aliphatic rings. The highest BCUT2D eigenvalue weighted by Crippen LogP contribution is 2.30. The summed E-state index contributed by atoms with van der Waals surface area (Å²) in [5.41, 5.74) is 7.20. The number of benzene rings is 1. The van der Waals surface area contributed by atoms with E-state index in [1.54, 1.807) is 0 Å². The Kier molecular flexibility index (Phi) is 5.22. The molecule has 0 bridgehead atoms. The molecular formula is C15H22BrNO. The number of nitrogens with two attached hydrogens (primary N) is 1. The zero-order chi connectivity index (χ0) is 13.0. The largest absolute Gasteiger partial charge is 0.372 e. The van der Waals surface area contributed by atoms with Gasteiger partial charge >= 0.3 is 0 Å². The molecule has 0 aliphatic heterocycles. The van der Waals surface area contributed by atoms with Gasteiger partial charge in [-0.25, -0.2) is 0 Å². The first-order valence-corrected chi connectivity index (χ1v) is 7.59. The highest BCUT2D eigenvalue weighted by molar-refractivity contribution is 9.10. The summed E-state index contributed by atoms with van der Waals surface area (Å²) < 4.78 is 7.08. The Bertz CT molecular complexity index is 359. The van der Waals surface area contributed by atoms with Crippen molar-refractivity contribution in [1.82, 2.24) is 0 Å². The van der Waals surface area contributed by atoms with Gasteiger partial charge < -0.3 is 10.5 Å². The SMILES string of the molecule is CC(N)C(OCCC1CCC1)c1ccc(Br)cc1. The molecule has 0 amide bonds. The molecule has 18 heavy (non-hydrogen) atoms. The third-order valence-electron chi connectivity index (χ3n) is 3.72. The maximum absolute atomic E-state index is 6.03. The van der Waals surface area contributed by atoms with Gasteiger partial charge in [-0.3, -0.25) is 0 Å². The molecule has 0 radical (unpaired) electrons. The zero-order valence-corrected chi connectivity index (χ0v) is 12.5. The second-order valence-electron chi connectivity index (χ2n) is 5.29. The lowest BCUT2D eigenvalue weighted by Gasteiger charge is -2.27. The Balaban J connectivity index is 1.88. The van der Waals surface area contributed by atoms with E-state index in [1.165, 1.54) is 31.2 Å². The van der Waals surface area contributed by atoms with Crippen molar-refractivity contribution in [3.63, 3.8) is 0 Å². The normalized spacial score (nSPS) is 19.3. The zero-order valence-electron chi connectivity index (χ0n) is 10.9.